The predicted octanol–water partition coefficient (Wildman–Crippen LogP) is 7.15. The van der Waals surface area contributed by atoms with Gasteiger partial charge in [0.05, 0.1) is 21.2 Å². The highest BCUT2D eigenvalue weighted by molar-refractivity contribution is 7.92. The first-order chi connectivity index (χ1) is 18.6. The Morgan fingerprint density at radius 2 is 1.64 bits per heavy atom. The normalized spacial score (nSPS) is 16.4. The molecular weight excluding hydrogens is 569 g/mol. The number of para-hydroxylation sites is 1. The van der Waals surface area contributed by atoms with E-state index in [0.717, 1.165) is 12.1 Å². The predicted molar refractivity (Wildman–Crippen MR) is 145 cm³/mol. The molecule has 5 rings (SSSR count). The summed E-state index contributed by atoms with van der Waals surface area (Å²) in [6.07, 6.45) is 0.529. The number of hydrogen-bond donors (Lipinski definition) is 2. The lowest BCUT2D eigenvalue weighted by Crippen LogP contribution is -2.28. The van der Waals surface area contributed by atoms with Crippen molar-refractivity contribution in [3.63, 3.8) is 0 Å². The van der Waals surface area contributed by atoms with Crippen LogP contribution in [0.5, 0.6) is 11.5 Å². The van der Waals surface area contributed by atoms with Gasteiger partial charge in [0.1, 0.15) is 11.5 Å². The van der Waals surface area contributed by atoms with E-state index in [0.29, 0.717) is 28.5 Å². The molecule has 4 aromatic carbocycles. The molecule has 0 radical (unpaired) electrons. The highest BCUT2D eigenvalue weighted by atomic mass is 35.5. The minimum atomic E-state index is -4.09. The first-order valence-corrected chi connectivity index (χ1v) is 14.0. The maximum Gasteiger partial charge on any atom is 0.261 e. The first-order valence-electron chi connectivity index (χ1n) is 11.7. The SMILES string of the molecule is O=C(N[C@H]1C[C@@H]1c1ccc(F)c(F)c1)c1cc(Cl)ccc1NS(=O)(=O)c1ccc(Oc2ccccc2Cl)cc1. The number of hydrogen-bond acceptors (Lipinski definition) is 4. The highest BCUT2D eigenvalue weighted by Gasteiger charge is 2.40. The van der Waals surface area contributed by atoms with Gasteiger partial charge in [-0.05, 0) is 78.7 Å². The summed E-state index contributed by atoms with van der Waals surface area (Å²) in [6, 6.07) is 20.1. The number of ether oxygens (including phenoxy) is 1. The summed E-state index contributed by atoms with van der Waals surface area (Å²) in [5.41, 5.74) is 0.604. The van der Waals surface area contributed by atoms with Crippen LogP contribution in [0.4, 0.5) is 14.5 Å². The molecule has 1 saturated carbocycles. The lowest BCUT2D eigenvalue weighted by atomic mass is 10.1. The van der Waals surface area contributed by atoms with Crippen molar-refractivity contribution in [2.75, 3.05) is 4.72 Å². The van der Waals surface area contributed by atoms with Crippen LogP contribution in [0.25, 0.3) is 0 Å². The van der Waals surface area contributed by atoms with Crippen LogP contribution in [0, 0.1) is 11.6 Å². The number of carbonyl (C=O) groups excluding carboxylic acids is 1. The second kappa shape index (κ2) is 10.8. The summed E-state index contributed by atoms with van der Waals surface area (Å²) < 4.78 is 61.2. The van der Waals surface area contributed by atoms with Gasteiger partial charge in [0.25, 0.3) is 15.9 Å². The van der Waals surface area contributed by atoms with E-state index in [1.807, 2.05) is 0 Å². The molecule has 11 heteroatoms. The second-order valence-corrected chi connectivity index (χ2v) is 11.4. The van der Waals surface area contributed by atoms with Crippen LogP contribution >= 0.6 is 23.2 Å². The Morgan fingerprint density at radius 1 is 0.897 bits per heavy atom. The van der Waals surface area contributed by atoms with E-state index < -0.39 is 27.6 Å². The number of benzene rings is 4. The molecule has 1 aliphatic rings. The summed E-state index contributed by atoms with van der Waals surface area (Å²) in [5.74, 6) is -1.84. The van der Waals surface area contributed by atoms with Gasteiger partial charge in [-0.3, -0.25) is 9.52 Å². The summed E-state index contributed by atoms with van der Waals surface area (Å²) in [4.78, 5) is 13.0. The molecule has 39 heavy (non-hydrogen) atoms. The zero-order valence-corrected chi connectivity index (χ0v) is 22.3. The molecule has 4 aromatic rings. The second-order valence-electron chi connectivity index (χ2n) is 8.89. The van der Waals surface area contributed by atoms with Crippen LogP contribution in [0.2, 0.25) is 10.0 Å². The van der Waals surface area contributed by atoms with Crippen molar-refractivity contribution >= 4 is 44.8 Å². The van der Waals surface area contributed by atoms with Crippen LogP contribution in [0.1, 0.15) is 28.3 Å². The van der Waals surface area contributed by atoms with E-state index in [1.54, 1.807) is 24.3 Å². The molecule has 0 saturated heterocycles. The number of halogens is 4. The number of carbonyl (C=O) groups is 1. The van der Waals surface area contributed by atoms with Gasteiger partial charge in [-0.15, -0.1) is 0 Å². The molecule has 1 aliphatic carbocycles. The average Bonchev–Trinajstić information content (AvgIpc) is 3.67. The quantitative estimate of drug-likeness (QED) is 0.229. The van der Waals surface area contributed by atoms with Gasteiger partial charge in [-0.25, -0.2) is 17.2 Å². The Balaban J connectivity index is 1.30. The maximum atomic E-state index is 13.6. The molecule has 0 bridgehead atoms. The van der Waals surface area contributed by atoms with Gasteiger partial charge in [0.2, 0.25) is 0 Å². The van der Waals surface area contributed by atoms with Crippen molar-refractivity contribution < 1.29 is 26.7 Å². The van der Waals surface area contributed by atoms with Crippen molar-refractivity contribution in [2.45, 2.75) is 23.3 Å². The van der Waals surface area contributed by atoms with E-state index in [-0.39, 0.29) is 33.1 Å². The Labute approximate surface area is 233 Å². The lowest BCUT2D eigenvalue weighted by Gasteiger charge is -2.14. The molecule has 0 aliphatic heterocycles. The highest BCUT2D eigenvalue weighted by Crippen LogP contribution is 2.41. The van der Waals surface area contributed by atoms with Crippen LogP contribution in [-0.4, -0.2) is 20.4 Å². The molecular formula is C28H20Cl2F2N2O4S. The standard InChI is InChI=1S/C28H20Cl2F2N2O4S/c29-17-6-12-25(21(14-17)28(35)33-26-15-20(26)16-5-11-23(31)24(32)13-16)34-39(36,37)19-9-7-18(8-10-19)38-27-4-2-1-3-22(27)30/h1-14,20,26,34H,15H2,(H,33,35)/t20-,26+/m1/s1. The van der Waals surface area contributed by atoms with Crippen molar-refractivity contribution in [1.82, 2.24) is 5.32 Å². The van der Waals surface area contributed by atoms with E-state index in [1.165, 1.54) is 48.5 Å². The van der Waals surface area contributed by atoms with Crippen LogP contribution in [0.3, 0.4) is 0 Å². The van der Waals surface area contributed by atoms with Crippen molar-refractivity contribution in [1.29, 1.82) is 0 Å². The molecule has 0 spiro atoms. The Kier molecular flexibility index (Phi) is 7.48. The van der Waals surface area contributed by atoms with Gasteiger partial charge in [0, 0.05) is 17.0 Å². The van der Waals surface area contributed by atoms with Crippen LogP contribution in [-0.2, 0) is 10.0 Å². The van der Waals surface area contributed by atoms with E-state index in [2.05, 4.69) is 10.0 Å². The molecule has 2 atom stereocenters. The van der Waals surface area contributed by atoms with Gasteiger partial charge in [0.15, 0.2) is 11.6 Å². The Hall–Kier alpha value is -3.66. The van der Waals surface area contributed by atoms with Crippen molar-refractivity contribution in [3.8, 4) is 11.5 Å². The summed E-state index contributed by atoms with van der Waals surface area (Å²) in [7, 11) is -4.09. The monoisotopic (exact) mass is 588 g/mol. The van der Waals surface area contributed by atoms with Gasteiger partial charge < -0.3 is 10.1 Å². The minimum absolute atomic E-state index is 0.0145. The third-order valence-corrected chi connectivity index (χ3v) is 8.08. The zero-order valence-electron chi connectivity index (χ0n) is 20.0. The third-order valence-electron chi connectivity index (χ3n) is 6.15. The number of rotatable bonds is 8. The van der Waals surface area contributed by atoms with Gasteiger partial charge in [-0.2, -0.15) is 0 Å². The van der Waals surface area contributed by atoms with Crippen LogP contribution in [0.15, 0.2) is 89.8 Å². The van der Waals surface area contributed by atoms with Crippen LogP contribution < -0.4 is 14.8 Å². The summed E-state index contributed by atoms with van der Waals surface area (Å²) in [6.45, 7) is 0. The molecule has 0 heterocycles. The molecule has 2 N–H and O–H groups in total. The molecule has 1 fully saturated rings. The molecule has 0 unspecified atom stereocenters. The molecule has 6 nitrogen and oxygen atoms in total. The number of nitrogens with one attached hydrogen (secondary N) is 2. The number of sulfonamides is 1. The van der Waals surface area contributed by atoms with Crippen molar-refractivity contribution in [2.24, 2.45) is 0 Å². The topological polar surface area (TPSA) is 84.5 Å². The maximum absolute atomic E-state index is 13.6. The van der Waals surface area contributed by atoms with Gasteiger partial charge >= 0.3 is 0 Å². The third kappa shape index (κ3) is 6.16. The van der Waals surface area contributed by atoms with E-state index in [4.69, 9.17) is 27.9 Å². The number of amides is 1. The first kappa shape index (κ1) is 26.9. The fraction of sp³-hybridized carbons (Fsp3) is 0.107. The largest absolute Gasteiger partial charge is 0.456 e. The zero-order chi connectivity index (χ0) is 27.7. The number of anilines is 1. The fourth-order valence-corrected chi connectivity index (χ4v) is 5.48. The Bertz CT molecular complexity index is 1670. The smallest absolute Gasteiger partial charge is 0.261 e. The molecule has 200 valence electrons. The fourth-order valence-electron chi connectivity index (χ4n) is 4.05. The van der Waals surface area contributed by atoms with E-state index in [9.17, 15) is 22.0 Å². The molecule has 0 aromatic heterocycles. The average molecular weight is 589 g/mol. The summed E-state index contributed by atoms with van der Waals surface area (Å²) in [5, 5.41) is 3.45. The van der Waals surface area contributed by atoms with Gasteiger partial charge in [-0.1, -0.05) is 41.4 Å². The summed E-state index contributed by atoms with van der Waals surface area (Å²) >= 11 is 12.2. The lowest BCUT2D eigenvalue weighted by molar-refractivity contribution is 0.0951. The minimum Gasteiger partial charge on any atom is -0.456 e. The Morgan fingerprint density at radius 3 is 2.36 bits per heavy atom. The van der Waals surface area contributed by atoms with Crippen molar-refractivity contribution in [3.05, 3.63) is 118 Å². The van der Waals surface area contributed by atoms with E-state index >= 15 is 0 Å². The molecule has 1 amide bonds.